The summed E-state index contributed by atoms with van der Waals surface area (Å²) in [5, 5.41) is 6.75. The number of alkyl halides is 3. The van der Waals surface area contributed by atoms with Crippen molar-refractivity contribution in [2.45, 2.75) is 83.7 Å². The Bertz CT molecular complexity index is 1910. The largest absolute Gasteiger partial charge is 0.394 e. The second-order valence-corrected chi connectivity index (χ2v) is 15.1. The lowest BCUT2D eigenvalue weighted by Crippen LogP contribution is -2.34. The molecule has 1 nitrogen and oxygen atoms in total. The molecule has 224 valence electrons. The van der Waals surface area contributed by atoms with Gasteiger partial charge in [0.1, 0.15) is 7.05 Å². The van der Waals surface area contributed by atoms with Gasteiger partial charge < -0.3 is 0 Å². The molecule has 5 heteroatoms. The monoisotopic (exact) mass is 600 g/mol. The van der Waals surface area contributed by atoms with Gasteiger partial charge in [-0.1, -0.05) is 89.7 Å². The van der Waals surface area contributed by atoms with Crippen LogP contribution in [0.1, 0.15) is 63.8 Å². The number of hydrogen-bond acceptors (Lipinski definition) is 1. The van der Waals surface area contributed by atoms with Crippen molar-refractivity contribution in [1.82, 2.24) is 0 Å². The molecule has 0 aliphatic carbocycles. The Kier molecular flexibility index (Phi) is 7.35. The molecule has 0 spiro atoms. The van der Waals surface area contributed by atoms with Gasteiger partial charge in [0.15, 0.2) is 6.20 Å². The highest BCUT2D eigenvalue weighted by molar-refractivity contribution is 8.00. The molecule has 6 rings (SSSR count). The van der Waals surface area contributed by atoms with E-state index in [-0.39, 0.29) is 6.42 Å². The van der Waals surface area contributed by atoms with Gasteiger partial charge in [-0.2, -0.15) is 13.2 Å². The van der Waals surface area contributed by atoms with Gasteiger partial charge in [0.2, 0.25) is 5.69 Å². The zero-order chi connectivity index (χ0) is 31.0. The number of aryl methyl sites for hydroxylation is 2. The van der Waals surface area contributed by atoms with Gasteiger partial charge in [-0.3, -0.25) is 0 Å². The summed E-state index contributed by atoms with van der Waals surface area (Å²) in [6, 6.07) is 17.2. The number of rotatable bonds is 6. The summed E-state index contributed by atoms with van der Waals surface area (Å²) in [6.45, 7) is 14.0. The fourth-order valence-electron chi connectivity index (χ4n) is 6.95. The first-order valence-electron chi connectivity index (χ1n) is 15.4. The lowest BCUT2D eigenvalue weighted by molar-refractivity contribution is -0.659. The van der Waals surface area contributed by atoms with Crippen LogP contribution in [-0.2, 0) is 26.3 Å². The van der Waals surface area contributed by atoms with Crippen LogP contribution < -0.4 is 4.57 Å². The molecule has 5 aromatic rings. The van der Waals surface area contributed by atoms with Crippen LogP contribution in [0.5, 0.6) is 0 Å². The second-order valence-electron chi connectivity index (χ2n) is 14.0. The van der Waals surface area contributed by atoms with E-state index in [4.69, 9.17) is 0 Å². The molecule has 0 amide bonds. The average Bonchev–Trinajstić information content (AvgIpc) is 2.91. The van der Waals surface area contributed by atoms with E-state index in [2.05, 4.69) is 88.8 Å². The minimum atomic E-state index is -4.29. The van der Waals surface area contributed by atoms with E-state index in [0.29, 0.717) is 11.8 Å². The molecule has 1 aliphatic heterocycles. The van der Waals surface area contributed by atoms with Gasteiger partial charge in [0.05, 0.1) is 16.4 Å². The van der Waals surface area contributed by atoms with Crippen molar-refractivity contribution >= 4 is 44.1 Å². The van der Waals surface area contributed by atoms with Crippen LogP contribution in [0.25, 0.3) is 43.6 Å². The van der Waals surface area contributed by atoms with E-state index < -0.39 is 11.6 Å². The lowest BCUT2D eigenvalue weighted by atomic mass is 9.82. The van der Waals surface area contributed by atoms with Crippen LogP contribution in [0.3, 0.4) is 0 Å². The maximum Gasteiger partial charge on any atom is 0.394 e. The Labute approximate surface area is 257 Å². The van der Waals surface area contributed by atoms with Crippen LogP contribution in [0, 0.1) is 24.2 Å². The van der Waals surface area contributed by atoms with E-state index in [1.54, 1.807) is 0 Å². The number of pyridine rings is 1. The number of aromatic nitrogens is 1. The molecule has 0 saturated heterocycles. The van der Waals surface area contributed by atoms with E-state index in [1.165, 1.54) is 56.7 Å². The SMILES string of the molecule is Cc1c2c(c(CC(C)C)c3ccc(CC(C)C)cc13)Sc1cc3cccc(CC(C)(C)C(F)(F)F)c3c3cc[n+](C)c-2c13. The van der Waals surface area contributed by atoms with Crippen LogP contribution in [0.2, 0.25) is 0 Å². The van der Waals surface area contributed by atoms with Crippen molar-refractivity contribution in [2.24, 2.45) is 24.3 Å². The smallest absolute Gasteiger partial charge is 0.200 e. The predicted molar refractivity (Wildman–Crippen MR) is 175 cm³/mol. The normalized spacial score (nSPS) is 13.6. The first-order valence-corrected chi connectivity index (χ1v) is 16.2. The molecule has 0 radical (unpaired) electrons. The van der Waals surface area contributed by atoms with Crippen molar-refractivity contribution < 1.29 is 17.7 Å². The van der Waals surface area contributed by atoms with Crippen molar-refractivity contribution in [3.63, 3.8) is 0 Å². The molecular weight excluding hydrogens is 559 g/mol. The summed E-state index contributed by atoms with van der Waals surface area (Å²) in [6.07, 6.45) is -0.247. The van der Waals surface area contributed by atoms with Crippen molar-refractivity contribution in [1.29, 1.82) is 0 Å². The van der Waals surface area contributed by atoms with Gasteiger partial charge in [-0.05, 0) is 87.9 Å². The molecule has 0 atom stereocenters. The highest BCUT2D eigenvalue weighted by Gasteiger charge is 2.47. The molecule has 1 aromatic heterocycles. The first-order chi connectivity index (χ1) is 20.2. The fourth-order valence-corrected chi connectivity index (χ4v) is 8.34. The average molecular weight is 601 g/mol. The number of halogens is 3. The summed E-state index contributed by atoms with van der Waals surface area (Å²) in [7, 11) is 2.10. The highest BCUT2D eigenvalue weighted by atomic mass is 32.2. The van der Waals surface area contributed by atoms with Crippen LogP contribution in [0.15, 0.2) is 64.5 Å². The second kappa shape index (κ2) is 10.5. The molecule has 2 heterocycles. The van der Waals surface area contributed by atoms with E-state index in [0.717, 1.165) is 45.6 Å². The van der Waals surface area contributed by atoms with E-state index in [9.17, 15) is 13.2 Å². The third kappa shape index (κ3) is 5.02. The standard InChI is InChI=1S/C38H41F3NS/c1-21(2)16-24-12-13-27-29(18-24)23(5)32-35-34-28(14-15-42(35)8)33-25(19-31(34)43-36(32)30(27)17-22(3)4)10-9-11-26(33)20-37(6,7)38(39,40)41/h9-15,18-19,21-22H,16-17,20H2,1-8H3/q+1. The Morgan fingerprint density at radius 3 is 2.23 bits per heavy atom. The maximum atomic E-state index is 14.0. The van der Waals surface area contributed by atoms with Crippen molar-refractivity contribution in [3.8, 4) is 11.3 Å². The molecule has 0 bridgehead atoms. The summed E-state index contributed by atoms with van der Waals surface area (Å²) < 4.78 is 44.3. The number of nitrogens with zero attached hydrogens (tertiary/aromatic N) is 1. The van der Waals surface area contributed by atoms with E-state index >= 15 is 0 Å². The lowest BCUT2D eigenvalue weighted by Gasteiger charge is -2.29. The molecular formula is C38H41F3NS+. The van der Waals surface area contributed by atoms with Crippen LogP contribution >= 0.6 is 11.8 Å². The Balaban J connectivity index is 1.70. The molecule has 0 N–H and O–H groups in total. The number of benzene rings is 4. The number of fused-ring (bicyclic) bond motifs is 5. The molecule has 0 fully saturated rings. The quantitative estimate of drug-likeness (QED) is 0.136. The van der Waals surface area contributed by atoms with Gasteiger partial charge >= 0.3 is 6.18 Å². The van der Waals surface area contributed by atoms with Gasteiger partial charge in [0, 0.05) is 21.2 Å². The maximum absolute atomic E-state index is 14.0. The Morgan fingerprint density at radius 1 is 0.837 bits per heavy atom. The zero-order valence-electron chi connectivity index (χ0n) is 26.5. The summed E-state index contributed by atoms with van der Waals surface area (Å²) in [5.74, 6) is 1.07. The van der Waals surface area contributed by atoms with Gasteiger partial charge in [-0.15, -0.1) is 0 Å². The third-order valence-corrected chi connectivity index (χ3v) is 10.3. The van der Waals surface area contributed by atoms with Crippen LogP contribution in [-0.4, -0.2) is 6.18 Å². The third-order valence-electron chi connectivity index (χ3n) is 9.10. The summed E-state index contributed by atoms with van der Waals surface area (Å²) in [4.78, 5) is 2.49. The minimum absolute atomic E-state index is 0.0663. The molecule has 0 saturated carbocycles. The van der Waals surface area contributed by atoms with Crippen molar-refractivity contribution in [2.75, 3.05) is 0 Å². The predicted octanol–water partition coefficient (Wildman–Crippen LogP) is 10.9. The van der Waals surface area contributed by atoms with Gasteiger partial charge in [-0.25, -0.2) is 4.57 Å². The number of hydrogen-bond donors (Lipinski definition) is 0. The highest BCUT2D eigenvalue weighted by Crippen LogP contribution is 2.54. The summed E-state index contributed by atoms with van der Waals surface area (Å²) in [5.41, 5.74) is 5.37. The minimum Gasteiger partial charge on any atom is -0.200 e. The molecule has 4 aromatic carbocycles. The topological polar surface area (TPSA) is 3.88 Å². The van der Waals surface area contributed by atoms with Crippen LogP contribution in [0.4, 0.5) is 13.2 Å². The van der Waals surface area contributed by atoms with E-state index in [1.807, 2.05) is 23.9 Å². The fraction of sp³-hybridized carbons (Fsp3) is 0.395. The molecule has 0 unspecified atom stereocenters. The molecule has 43 heavy (non-hydrogen) atoms. The Hall–Kier alpha value is -3.05. The summed E-state index contributed by atoms with van der Waals surface area (Å²) >= 11 is 1.84. The zero-order valence-corrected chi connectivity index (χ0v) is 27.3. The van der Waals surface area contributed by atoms with Crippen molar-refractivity contribution in [3.05, 3.63) is 77.0 Å². The Morgan fingerprint density at radius 2 is 1.56 bits per heavy atom. The first kappa shape index (κ1) is 30.0. The molecule has 1 aliphatic rings. The van der Waals surface area contributed by atoms with Gasteiger partial charge in [0.25, 0.3) is 0 Å².